The number of hydrogen-bond donors (Lipinski definition) is 1. The predicted octanol–water partition coefficient (Wildman–Crippen LogP) is 2.86. The molecule has 1 saturated heterocycles. The number of amides is 1. The summed E-state index contributed by atoms with van der Waals surface area (Å²) in [4.78, 5) is 14.7. The van der Waals surface area contributed by atoms with Crippen LogP contribution in [0.25, 0.3) is 0 Å². The van der Waals surface area contributed by atoms with Gasteiger partial charge in [0.05, 0.1) is 19.6 Å². The molecule has 1 N–H and O–H groups in total. The summed E-state index contributed by atoms with van der Waals surface area (Å²) < 4.78 is 18.9. The molecule has 1 amide bonds. The Bertz CT molecular complexity index is 763. The summed E-state index contributed by atoms with van der Waals surface area (Å²) in [7, 11) is 1.63. The fraction of sp³-hybridized carbons (Fsp3) is 0.350. The first kappa shape index (κ1) is 17.4. The first-order chi connectivity index (χ1) is 12.1. The van der Waals surface area contributed by atoms with Gasteiger partial charge >= 0.3 is 0 Å². The van der Waals surface area contributed by atoms with Crippen molar-refractivity contribution in [3.05, 3.63) is 65.0 Å². The van der Waals surface area contributed by atoms with E-state index in [9.17, 15) is 9.18 Å². The first-order valence-electron chi connectivity index (χ1n) is 8.47. The van der Waals surface area contributed by atoms with Crippen molar-refractivity contribution in [2.24, 2.45) is 0 Å². The summed E-state index contributed by atoms with van der Waals surface area (Å²) >= 11 is 0. The SMILES string of the molecule is COc1cc(CC(=O)N2CCNCC2c2cccc(F)c2)ccc1C. The van der Waals surface area contributed by atoms with Crippen molar-refractivity contribution in [1.82, 2.24) is 10.2 Å². The van der Waals surface area contributed by atoms with Crippen molar-refractivity contribution in [2.45, 2.75) is 19.4 Å². The topological polar surface area (TPSA) is 41.6 Å². The quantitative estimate of drug-likeness (QED) is 0.929. The summed E-state index contributed by atoms with van der Waals surface area (Å²) in [5.74, 6) is 0.549. The lowest BCUT2D eigenvalue weighted by molar-refractivity contribution is -0.133. The van der Waals surface area contributed by atoms with Gasteiger partial charge in [-0.2, -0.15) is 0 Å². The molecule has 2 aromatic rings. The summed E-state index contributed by atoms with van der Waals surface area (Å²) in [5.41, 5.74) is 2.78. The number of nitrogens with zero attached hydrogens (tertiary/aromatic N) is 1. The van der Waals surface area contributed by atoms with Crippen molar-refractivity contribution >= 4 is 5.91 Å². The van der Waals surface area contributed by atoms with Crippen LogP contribution < -0.4 is 10.1 Å². The number of hydrogen-bond acceptors (Lipinski definition) is 3. The molecule has 0 bridgehead atoms. The van der Waals surface area contributed by atoms with Crippen LogP contribution in [0.2, 0.25) is 0 Å². The van der Waals surface area contributed by atoms with Crippen LogP contribution in [-0.2, 0) is 11.2 Å². The minimum Gasteiger partial charge on any atom is -0.496 e. The molecule has 0 radical (unpaired) electrons. The lowest BCUT2D eigenvalue weighted by Crippen LogP contribution is -2.49. The second kappa shape index (κ2) is 7.66. The van der Waals surface area contributed by atoms with E-state index >= 15 is 0 Å². The molecule has 1 atom stereocenters. The third kappa shape index (κ3) is 3.99. The van der Waals surface area contributed by atoms with Gasteiger partial charge < -0.3 is 15.0 Å². The molecular formula is C20H23FN2O2. The zero-order valence-corrected chi connectivity index (χ0v) is 14.6. The minimum atomic E-state index is -0.279. The van der Waals surface area contributed by atoms with E-state index in [1.165, 1.54) is 12.1 Å². The van der Waals surface area contributed by atoms with Crippen LogP contribution in [0.3, 0.4) is 0 Å². The molecule has 0 saturated carbocycles. The maximum absolute atomic E-state index is 13.6. The Kier molecular flexibility index (Phi) is 5.34. The van der Waals surface area contributed by atoms with Crippen LogP contribution in [0.4, 0.5) is 4.39 Å². The lowest BCUT2D eigenvalue weighted by atomic mass is 10.0. The Morgan fingerprint density at radius 3 is 2.92 bits per heavy atom. The van der Waals surface area contributed by atoms with Crippen molar-refractivity contribution < 1.29 is 13.9 Å². The van der Waals surface area contributed by atoms with Gasteiger partial charge in [-0.05, 0) is 41.8 Å². The molecule has 4 nitrogen and oxygen atoms in total. The number of halogens is 1. The van der Waals surface area contributed by atoms with E-state index in [4.69, 9.17) is 4.74 Å². The van der Waals surface area contributed by atoms with E-state index in [0.29, 0.717) is 19.5 Å². The number of benzene rings is 2. The van der Waals surface area contributed by atoms with Gasteiger partial charge in [0.15, 0.2) is 0 Å². The second-order valence-electron chi connectivity index (χ2n) is 6.34. The molecule has 1 fully saturated rings. The number of methoxy groups -OCH3 is 1. The molecule has 0 aliphatic carbocycles. The van der Waals surface area contributed by atoms with Gasteiger partial charge in [-0.3, -0.25) is 4.79 Å². The number of carbonyl (C=O) groups is 1. The first-order valence-corrected chi connectivity index (χ1v) is 8.47. The molecule has 132 valence electrons. The molecule has 3 rings (SSSR count). The molecule has 25 heavy (non-hydrogen) atoms. The maximum atomic E-state index is 13.6. The Hall–Kier alpha value is -2.40. The van der Waals surface area contributed by atoms with E-state index in [1.54, 1.807) is 13.2 Å². The summed E-state index contributed by atoms with van der Waals surface area (Å²) in [6.07, 6.45) is 0.308. The molecule has 1 aliphatic heterocycles. The van der Waals surface area contributed by atoms with Crippen LogP contribution in [0.5, 0.6) is 5.75 Å². The maximum Gasteiger partial charge on any atom is 0.227 e. The standard InChI is InChI=1S/C20H23FN2O2/c1-14-6-7-15(10-19(14)25-2)11-20(24)23-9-8-22-13-18(23)16-4-3-5-17(21)12-16/h3-7,10,12,18,22H,8-9,11,13H2,1-2H3. The molecular weight excluding hydrogens is 319 g/mol. The zero-order valence-electron chi connectivity index (χ0n) is 14.6. The van der Waals surface area contributed by atoms with Gasteiger partial charge in [0.1, 0.15) is 11.6 Å². The average molecular weight is 342 g/mol. The fourth-order valence-corrected chi connectivity index (χ4v) is 3.27. The molecule has 2 aromatic carbocycles. The summed E-state index contributed by atoms with van der Waals surface area (Å²) in [6.45, 7) is 3.96. The highest BCUT2D eigenvalue weighted by molar-refractivity contribution is 5.79. The molecule has 0 spiro atoms. The monoisotopic (exact) mass is 342 g/mol. The molecule has 1 aliphatic rings. The second-order valence-corrected chi connectivity index (χ2v) is 6.34. The van der Waals surface area contributed by atoms with Gasteiger partial charge in [-0.25, -0.2) is 4.39 Å². The Morgan fingerprint density at radius 1 is 1.32 bits per heavy atom. The van der Waals surface area contributed by atoms with Crippen LogP contribution >= 0.6 is 0 Å². The Balaban J connectivity index is 1.79. The number of nitrogens with one attached hydrogen (secondary N) is 1. The number of carbonyl (C=O) groups excluding carboxylic acids is 1. The Labute approximate surface area is 147 Å². The summed E-state index contributed by atoms with van der Waals surface area (Å²) in [5, 5.41) is 3.29. The van der Waals surface area contributed by atoms with E-state index in [0.717, 1.165) is 29.0 Å². The smallest absolute Gasteiger partial charge is 0.227 e. The number of piperazine rings is 1. The number of rotatable bonds is 4. The van der Waals surface area contributed by atoms with E-state index < -0.39 is 0 Å². The number of ether oxygens (including phenoxy) is 1. The van der Waals surface area contributed by atoms with Gasteiger partial charge in [0, 0.05) is 19.6 Å². The highest BCUT2D eigenvalue weighted by Crippen LogP contribution is 2.25. The van der Waals surface area contributed by atoms with Crippen LogP contribution in [0.15, 0.2) is 42.5 Å². The van der Waals surface area contributed by atoms with E-state index in [-0.39, 0.29) is 17.8 Å². The fourth-order valence-electron chi connectivity index (χ4n) is 3.27. The highest BCUT2D eigenvalue weighted by atomic mass is 19.1. The third-order valence-electron chi connectivity index (χ3n) is 4.63. The normalized spacial score (nSPS) is 17.4. The lowest BCUT2D eigenvalue weighted by Gasteiger charge is -2.36. The van der Waals surface area contributed by atoms with Gasteiger partial charge in [-0.1, -0.05) is 24.3 Å². The van der Waals surface area contributed by atoms with Crippen molar-refractivity contribution in [1.29, 1.82) is 0 Å². The van der Waals surface area contributed by atoms with E-state index in [1.807, 2.05) is 36.1 Å². The van der Waals surface area contributed by atoms with Crippen LogP contribution in [0, 0.1) is 12.7 Å². The highest BCUT2D eigenvalue weighted by Gasteiger charge is 2.28. The zero-order chi connectivity index (χ0) is 17.8. The molecule has 1 unspecified atom stereocenters. The third-order valence-corrected chi connectivity index (χ3v) is 4.63. The predicted molar refractivity (Wildman–Crippen MR) is 95.2 cm³/mol. The van der Waals surface area contributed by atoms with Crippen molar-refractivity contribution in [3.8, 4) is 5.75 Å². The Morgan fingerprint density at radius 2 is 2.16 bits per heavy atom. The molecule has 0 aromatic heterocycles. The summed E-state index contributed by atoms with van der Waals surface area (Å²) in [6, 6.07) is 12.2. The minimum absolute atomic E-state index is 0.0432. The van der Waals surface area contributed by atoms with Crippen molar-refractivity contribution in [2.75, 3.05) is 26.7 Å². The van der Waals surface area contributed by atoms with Gasteiger partial charge in [0.2, 0.25) is 5.91 Å². The molecule has 5 heteroatoms. The number of aryl methyl sites for hydroxylation is 1. The molecule has 1 heterocycles. The van der Waals surface area contributed by atoms with Crippen LogP contribution in [-0.4, -0.2) is 37.6 Å². The van der Waals surface area contributed by atoms with Crippen LogP contribution in [0.1, 0.15) is 22.7 Å². The average Bonchev–Trinajstić information content (AvgIpc) is 2.63. The van der Waals surface area contributed by atoms with E-state index in [2.05, 4.69) is 5.32 Å². The van der Waals surface area contributed by atoms with Crippen molar-refractivity contribution in [3.63, 3.8) is 0 Å². The largest absolute Gasteiger partial charge is 0.496 e. The van der Waals surface area contributed by atoms with Gasteiger partial charge in [0.25, 0.3) is 0 Å². The van der Waals surface area contributed by atoms with Gasteiger partial charge in [-0.15, -0.1) is 0 Å².